The molecule has 138 valence electrons. The zero-order valence-corrected chi connectivity index (χ0v) is 13.9. The van der Waals surface area contributed by atoms with Gasteiger partial charge in [-0.2, -0.15) is 13.2 Å². The van der Waals surface area contributed by atoms with E-state index < -0.39 is 17.8 Å². The number of halogens is 3. The van der Waals surface area contributed by atoms with E-state index >= 15 is 0 Å². The Hall–Kier alpha value is -2.35. The fourth-order valence-corrected chi connectivity index (χ4v) is 3.63. The topological polar surface area (TPSA) is 58.4 Å². The molecular weight excluding hydrogens is 347 g/mol. The van der Waals surface area contributed by atoms with Gasteiger partial charge in [0.25, 0.3) is 5.91 Å². The van der Waals surface area contributed by atoms with Crippen LogP contribution in [0.25, 0.3) is 0 Å². The fraction of sp³-hybridized carbons (Fsp3) is 0.444. The molecule has 0 bridgehead atoms. The minimum Gasteiger partial charge on any atom is -0.389 e. The van der Waals surface area contributed by atoms with Crippen LogP contribution in [0, 0.1) is 0 Å². The number of carbonyl (C=O) groups is 1. The van der Waals surface area contributed by atoms with Crippen LogP contribution in [-0.4, -0.2) is 44.7 Å². The van der Waals surface area contributed by atoms with Gasteiger partial charge in [-0.25, -0.2) is 4.98 Å². The summed E-state index contributed by atoms with van der Waals surface area (Å²) in [6, 6.07) is 5.39. The average molecular weight is 365 g/mol. The molecule has 1 amide bonds. The van der Waals surface area contributed by atoms with E-state index in [2.05, 4.69) is 4.98 Å². The molecule has 0 spiro atoms. The molecule has 3 heterocycles. The third kappa shape index (κ3) is 2.98. The first kappa shape index (κ1) is 17.1. The highest BCUT2D eigenvalue weighted by molar-refractivity contribution is 5.93. The van der Waals surface area contributed by atoms with Gasteiger partial charge in [0, 0.05) is 32.0 Å². The number of imidazole rings is 1. The maximum atomic E-state index is 13.0. The predicted molar refractivity (Wildman–Crippen MR) is 86.6 cm³/mol. The highest BCUT2D eigenvalue weighted by atomic mass is 19.4. The van der Waals surface area contributed by atoms with Crippen molar-refractivity contribution in [1.82, 2.24) is 14.5 Å². The lowest BCUT2D eigenvalue weighted by atomic mass is 9.90. The Morgan fingerprint density at radius 3 is 2.69 bits per heavy atom. The largest absolute Gasteiger partial charge is 0.416 e. The van der Waals surface area contributed by atoms with Gasteiger partial charge in [0.1, 0.15) is 11.5 Å². The molecule has 0 radical (unpaired) electrons. The van der Waals surface area contributed by atoms with Gasteiger partial charge in [-0.1, -0.05) is 18.2 Å². The van der Waals surface area contributed by atoms with E-state index in [-0.39, 0.29) is 11.8 Å². The number of likely N-dealkylation sites (tertiary alicyclic amines) is 1. The van der Waals surface area contributed by atoms with Gasteiger partial charge in [0.05, 0.1) is 17.9 Å². The Morgan fingerprint density at radius 2 is 2.00 bits per heavy atom. The van der Waals surface area contributed by atoms with Crippen LogP contribution in [0.15, 0.2) is 30.5 Å². The molecule has 4 rings (SSSR count). The van der Waals surface area contributed by atoms with Crippen LogP contribution < -0.4 is 0 Å². The molecule has 1 N–H and O–H groups in total. The third-order valence-electron chi connectivity index (χ3n) is 5.11. The molecule has 8 heteroatoms. The first-order valence-electron chi connectivity index (χ1n) is 8.52. The Bertz CT molecular complexity index is 840. The van der Waals surface area contributed by atoms with E-state index in [9.17, 15) is 23.1 Å². The van der Waals surface area contributed by atoms with Crippen molar-refractivity contribution >= 4 is 5.91 Å². The third-order valence-corrected chi connectivity index (χ3v) is 5.11. The molecule has 0 aliphatic carbocycles. The summed E-state index contributed by atoms with van der Waals surface area (Å²) in [4.78, 5) is 18.4. The number of aliphatic hydroxyl groups excluding tert-OH is 1. The number of amides is 1. The first-order chi connectivity index (χ1) is 12.3. The van der Waals surface area contributed by atoms with Gasteiger partial charge >= 0.3 is 6.18 Å². The number of alkyl halides is 3. The fourth-order valence-electron chi connectivity index (χ4n) is 3.63. The summed E-state index contributed by atoms with van der Waals surface area (Å²) in [5.41, 5.74) is 0.401. The summed E-state index contributed by atoms with van der Waals surface area (Å²) in [6.07, 6.45) is -2.03. The molecule has 5 nitrogen and oxygen atoms in total. The van der Waals surface area contributed by atoms with Crippen molar-refractivity contribution in [3.63, 3.8) is 0 Å². The smallest absolute Gasteiger partial charge is 0.389 e. The normalized spacial score (nSPS) is 20.6. The molecule has 1 aromatic carbocycles. The minimum absolute atomic E-state index is 0.104. The molecule has 1 fully saturated rings. The Balaban J connectivity index is 1.58. The lowest BCUT2D eigenvalue weighted by Gasteiger charge is -2.36. The van der Waals surface area contributed by atoms with Crippen molar-refractivity contribution in [2.45, 2.75) is 37.6 Å². The minimum atomic E-state index is -4.37. The molecule has 1 unspecified atom stereocenters. The SMILES string of the molecule is O=C(c1cnc2n1CC(c1cccc(C(F)(F)F)c1)CC2)N1CC(O)C1. The van der Waals surface area contributed by atoms with Crippen molar-refractivity contribution in [3.8, 4) is 0 Å². The molecule has 1 saturated heterocycles. The quantitative estimate of drug-likeness (QED) is 0.889. The molecule has 1 aromatic heterocycles. The summed E-state index contributed by atoms with van der Waals surface area (Å²) in [5, 5.41) is 9.38. The standard InChI is InChI=1S/C18H18F3N3O2/c19-18(20,21)13-3-1-2-11(6-13)12-4-5-16-22-7-15(24(16)8-12)17(26)23-9-14(25)10-23/h1-3,6-7,12,14,25H,4-5,8-10H2. The molecule has 2 aliphatic rings. The highest BCUT2D eigenvalue weighted by Gasteiger charge is 2.34. The van der Waals surface area contributed by atoms with Crippen LogP contribution in [0.3, 0.4) is 0 Å². The van der Waals surface area contributed by atoms with E-state index in [1.807, 2.05) is 4.57 Å². The summed E-state index contributed by atoms with van der Waals surface area (Å²) < 4.78 is 40.7. The van der Waals surface area contributed by atoms with Gasteiger partial charge in [-0.05, 0) is 18.1 Å². The van der Waals surface area contributed by atoms with Crippen molar-refractivity contribution in [2.24, 2.45) is 0 Å². The monoisotopic (exact) mass is 365 g/mol. The van der Waals surface area contributed by atoms with E-state index in [0.717, 1.165) is 11.9 Å². The zero-order chi connectivity index (χ0) is 18.5. The maximum absolute atomic E-state index is 13.0. The van der Waals surface area contributed by atoms with Gasteiger partial charge in [-0.15, -0.1) is 0 Å². The van der Waals surface area contributed by atoms with Crippen LogP contribution in [0.1, 0.15) is 39.8 Å². The second kappa shape index (κ2) is 6.12. The molecular formula is C18H18F3N3O2. The first-order valence-corrected chi connectivity index (χ1v) is 8.52. The van der Waals surface area contributed by atoms with Crippen LogP contribution in [0.5, 0.6) is 0 Å². The number of benzene rings is 1. The van der Waals surface area contributed by atoms with Crippen molar-refractivity contribution in [3.05, 3.63) is 53.1 Å². The number of aliphatic hydroxyl groups is 1. The number of β-amino-alcohol motifs (C(OH)–C–C–N with tert-alkyl or cyclic N) is 1. The average Bonchev–Trinajstić information content (AvgIpc) is 3.01. The number of fused-ring (bicyclic) bond motifs is 1. The predicted octanol–water partition coefficient (Wildman–Crippen LogP) is 2.45. The lowest BCUT2D eigenvalue weighted by Crippen LogP contribution is -2.53. The van der Waals surface area contributed by atoms with E-state index in [1.54, 1.807) is 11.0 Å². The van der Waals surface area contributed by atoms with Crippen LogP contribution in [-0.2, 0) is 19.1 Å². The number of nitrogens with zero attached hydrogens (tertiary/aromatic N) is 3. The van der Waals surface area contributed by atoms with Crippen molar-refractivity contribution < 1.29 is 23.1 Å². The summed E-state index contributed by atoms with van der Waals surface area (Å²) in [7, 11) is 0. The van der Waals surface area contributed by atoms with Gasteiger partial charge < -0.3 is 14.6 Å². The van der Waals surface area contributed by atoms with E-state index in [4.69, 9.17) is 0 Å². The molecule has 2 aromatic rings. The van der Waals surface area contributed by atoms with Crippen LogP contribution in [0.4, 0.5) is 13.2 Å². The number of rotatable bonds is 2. The summed E-state index contributed by atoms with van der Waals surface area (Å²) in [6.45, 7) is 1.03. The Labute approximate surface area is 148 Å². The van der Waals surface area contributed by atoms with Crippen LogP contribution >= 0.6 is 0 Å². The zero-order valence-electron chi connectivity index (χ0n) is 13.9. The van der Waals surface area contributed by atoms with Gasteiger partial charge in [0.15, 0.2) is 0 Å². The number of aromatic nitrogens is 2. The number of aryl methyl sites for hydroxylation is 1. The van der Waals surface area contributed by atoms with Crippen LogP contribution in [0.2, 0.25) is 0 Å². The van der Waals surface area contributed by atoms with E-state index in [0.29, 0.717) is 43.7 Å². The molecule has 26 heavy (non-hydrogen) atoms. The van der Waals surface area contributed by atoms with E-state index in [1.165, 1.54) is 18.3 Å². The number of hydrogen-bond donors (Lipinski definition) is 1. The molecule has 0 saturated carbocycles. The maximum Gasteiger partial charge on any atom is 0.416 e. The van der Waals surface area contributed by atoms with Crippen molar-refractivity contribution in [1.29, 1.82) is 0 Å². The molecule has 1 atom stereocenters. The number of carbonyl (C=O) groups excluding carboxylic acids is 1. The van der Waals surface area contributed by atoms with Gasteiger partial charge in [0.2, 0.25) is 0 Å². The second-order valence-electron chi connectivity index (χ2n) is 6.89. The Morgan fingerprint density at radius 1 is 1.23 bits per heavy atom. The van der Waals surface area contributed by atoms with Crippen molar-refractivity contribution in [2.75, 3.05) is 13.1 Å². The Kier molecular flexibility index (Phi) is 4.02. The summed E-state index contributed by atoms with van der Waals surface area (Å²) in [5.74, 6) is 0.476. The second-order valence-corrected chi connectivity index (χ2v) is 6.89. The highest BCUT2D eigenvalue weighted by Crippen LogP contribution is 2.34. The van der Waals surface area contributed by atoms with Gasteiger partial charge in [-0.3, -0.25) is 4.79 Å². The lowest BCUT2D eigenvalue weighted by molar-refractivity contribution is -0.137. The molecule has 2 aliphatic heterocycles. The summed E-state index contributed by atoms with van der Waals surface area (Å²) >= 11 is 0. The number of hydrogen-bond acceptors (Lipinski definition) is 3.